The molecule has 0 aromatic heterocycles. The second-order valence-corrected chi connectivity index (χ2v) is 3.77. The van der Waals surface area contributed by atoms with E-state index in [4.69, 9.17) is 17.3 Å². The normalized spacial score (nSPS) is 9.50. The molecule has 0 aliphatic heterocycles. The summed E-state index contributed by atoms with van der Waals surface area (Å²) in [6, 6.07) is 6.82. The lowest BCUT2D eigenvalue weighted by Crippen LogP contribution is -2.36. The Morgan fingerprint density at radius 3 is 2.44 bits per heavy atom. The number of terminal acetylenes is 1. The lowest BCUT2D eigenvalue weighted by Gasteiger charge is -2.17. The van der Waals surface area contributed by atoms with Crippen molar-refractivity contribution in [3.63, 3.8) is 0 Å². The smallest absolute Gasteiger partial charge is 0.323 e. The van der Waals surface area contributed by atoms with E-state index >= 15 is 0 Å². The molecule has 0 heterocycles. The number of nitrogens with zero attached hydrogens (tertiary/aromatic N) is 1. The van der Waals surface area contributed by atoms with Crippen molar-refractivity contribution in [1.29, 1.82) is 0 Å². The van der Waals surface area contributed by atoms with Crippen LogP contribution in [0.15, 0.2) is 24.3 Å². The van der Waals surface area contributed by atoms with Crippen molar-refractivity contribution in [2.45, 2.75) is 6.42 Å². The number of carbonyl (C=O) groups is 2. The molecule has 0 fully saturated rings. The van der Waals surface area contributed by atoms with Crippen molar-refractivity contribution in [2.24, 2.45) is 0 Å². The minimum Gasteiger partial charge on any atom is -0.480 e. The molecular formula is C13H14N2O3. The molecule has 1 amide bonds. The van der Waals surface area contributed by atoms with Crippen molar-refractivity contribution in [3.05, 3.63) is 29.8 Å². The number of nitrogens with two attached hydrogens (primary N) is 1. The van der Waals surface area contributed by atoms with Gasteiger partial charge in [0.1, 0.15) is 6.54 Å². The van der Waals surface area contributed by atoms with Crippen molar-refractivity contribution in [2.75, 3.05) is 18.8 Å². The van der Waals surface area contributed by atoms with Crippen LogP contribution in [0.5, 0.6) is 0 Å². The fourth-order valence-corrected chi connectivity index (χ4v) is 1.43. The van der Waals surface area contributed by atoms with Gasteiger partial charge in [-0.3, -0.25) is 9.59 Å². The number of rotatable bonds is 5. The van der Waals surface area contributed by atoms with E-state index in [9.17, 15) is 9.59 Å². The number of hydrogen-bond donors (Lipinski definition) is 2. The first-order valence-corrected chi connectivity index (χ1v) is 5.30. The second-order valence-electron chi connectivity index (χ2n) is 3.77. The number of amides is 1. The highest BCUT2D eigenvalue weighted by molar-refractivity contribution is 5.83. The largest absolute Gasteiger partial charge is 0.480 e. The molecule has 0 saturated heterocycles. The summed E-state index contributed by atoms with van der Waals surface area (Å²) in [6.45, 7) is -0.405. The van der Waals surface area contributed by atoms with Crippen molar-refractivity contribution < 1.29 is 14.7 Å². The Hall–Kier alpha value is -2.48. The van der Waals surface area contributed by atoms with Crippen LogP contribution in [0, 0.1) is 12.3 Å². The zero-order valence-electron chi connectivity index (χ0n) is 9.80. The number of hydrogen-bond acceptors (Lipinski definition) is 3. The van der Waals surface area contributed by atoms with Crippen molar-refractivity contribution in [3.8, 4) is 12.3 Å². The zero-order chi connectivity index (χ0) is 13.5. The quantitative estimate of drug-likeness (QED) is 0.580. The van der Waals surface area contributed by atoms with Gasteiger partial charge in [-0.25, -0.2) is 0 Å². The van der Waals surface area contributed by atoms with Gasteiger partial charge in [0.15, 0.2) is 0 Å². The minimum absolute atomic E-state index is 0.0138. The number of carbonyl (C=O) groups excluding carboxylic acids is 1. The highest BCUT2D eigenvalue weighted by Crippen LogP contribution is 2.07. The van der Waals surface area contributed by atoms with Crippen LogP contribution in [0.1, 0.15) is 5.56 Å². The topological polar surface area (TPSA) is 83.6 Å². The van der Waals surface area contributed by atoms with Crippen LogP contribution in [-0.4, -0.2) is 35.0 Å². The number of carboxylic acids is 1. The summed E-state index contributed by atoms with van der Waals surface area (Å²) in [6.07, 6.45) is 5.21. The summed E-state index contributed by atoms with van der Waals surface area (Å²) < 4.78 is 0. The van der Waals surface area contributed by atoms with Gasteiger partial charge in [-0.2, -0.15) is 0 Å². The van der Waals surface area contributed by atoms with Gasteiger partial charge < -0.3 is 15.7 Å². The fraction of sp³-hybridized carbons (Fsp3) is 0.231. The van der Waals surface area contributed by atoms with E-state index < -0.39 is 12.5 Å². The van der Waals surface area contributed by atoms with E-state index in [1.165, 1.54) is 0 Å². The summed E-state index contributed by atoms with van der Waals surface area (Å²) in [4.78, 5) is 23.6. The summed E-state index contributed by atoms with van der Waals surface area (Å²) in [5, 5.41) is 8.68. The van der Waals surface area contributed by atoms with Crippen LogP contribution in [0.25, 0.3) is 0 Å². The van der Waals surface area contributed by atoms with Crippen LogP contribution < -0.4 is 5.73 Å². The van der Waals surface area contributed by atoms with Crippen LogP contribution in [0.3, 0.4) is 0 Å². The molecule has 5 heteroatoms. The van der Waals surface area contributed by atoms with Gasteiger partial charge in [0.2, 0.25) is 5.91 Å². The molecule has 0 radical (unpaired) electrons. The molecule has 0 atom stereocenters. The van der Waals surface area contributed by atoms with E-state index in [-0.39, 0.29) is 18.9 Å². The molecule has 1 rings (SSSR count). The first-order valence-electron chi connectivity index (χ1n) is 5.30. The maximum Gasteiger partial charge on any atom is 0.323 e. The third-order valence-electron chi connectivity index (χ3n) is 2.30. The maximum absolute atomic E-state index is 11.9. The van der Waals surface area contributed by atoms with Crippen LogP contribution >= 0.6 is 0 Å². The van der Waals surface area contributed by atoms with Crippen LogP contribution in [0.2, 0.25) is 0 Å². The number of benzene rings is 1. The van der Waals surface area contributed by atoms with Crippen molar-refractivity contribution in [1.82, 2.24) is 4.90 Å². The lowest BCUT2D eigenvalue weighted by atomic mass is 10.1. The van der Waals surface area contributed by atoms with Gasteiger partial charge in [-0.15, -0.1) is 6.42 Å². The summed E-state index contributed by atoms with van der Waals surface area (Å²) >= 11 is 0. The Bertz CT molecular complexity index is 474. The highest BCUT2D eigenvalue weighted by Gasteiger charge is 2.15. The molecule has 0 saturated carbocycles. The molecule has 0 aliphatic rings. The van der Waals surface area contributed by atoms with E-state index in [1.54, 1.807) is 24.3 Å². The molecular weight excluding hydrogens is 232 g/mol. The van der Waals surface area contributed by atoms with Gasteiger partial charge in [-0.05, 0) is 17.7 Å². The number of anilines is 1. The number of aliphatic carboxylic acids is 1. The molecule has 94 valence electrons. The number of carboxylic acid groups (broad SMARTS) is 1. The predicted octanol–water partition coefficient (Wildman–Crippen LogP) is 0.358. The number of nitrogen functional groups attached to an aromatic ring is 1. The first-order chi connectivity index (χ1) is 8.52. The molecule has 5 nitrogen and oxygen atoms in total. The van der Waals surface area contributed by atoms with Gasteiger partial charge in [-0.1, -0.05) is 18.1 Å². The molecule has 0 spiro atoms. The summed E-state index contributed by atoms with van der Waals surface area (Å²) in [5.41, 5.74) is 6.91. The zero-order valence-corrected chi connectivity index (χ0v) is 9.80. The SMILES string of the molecule is C#CCN(CC(=O)O)C(=O)Cc1ccc(N)cc1. The molecule has 0 unspecified atom stereocenters. The molecule has 1 aromatic carbocycles. The van der Waals surface area contributed by atoms with Crippen LogP contribution in [0.4, 0.5) is 5.69 Å². The van der Waals surface area contributed by atoms with E-state index in [1.807, 2.05) is 0 Å². The Labute approximate surface area is 105 Å². The van der Waals surface area contributed by atoms with Gasteiger partial charge in [0.25, 0.3) is 0 Å². The van der Waals surface area contributed by atoms with Crippen LogP contribution in [-0.2, 0) is 16.0 Å². The van der Waals surface area contributed by atoms with Gasteiger partial charge in [0, 0.05) is 5.69 Å². The Balaban J connectivity index is 2.69. The van der Waals surface area contributed by atoms with E-state index in [0.29, 0.717) is 5.69 Å². The van der Waals surface area contributed by atoms with Gasteiger partial charge in [0.05, 0.1) is 13.0 Å². The first kappa shape index (κ1) is 13.6. The third-order valence-corrected chi connectivity index (χ3v) is 2.30. The third kappa shape index (κ3) is 4.18. The summed E-state index contributed by atoms with van der Waals surface area (Å²) in [5.74, 6) is 0.864. The average Bonchev–Trinajstić information content (AvgIpc) is 2.31. The van der Waals surface area contributed by atoms with Gasteiger partial charge >= 0.3 is 5.97 Å². The molecule has 18 heavy (non-hydrogen) atoms. The standard InChI is InChI=1S/C13H14N2O3/c1-2-7-15(9-13(17)18)12(16)8-10-3-5-11(14)6-4-10/h1,3-6H,7-9,14H2,(H,17,18). The highest BCUT2D eigenvalue weighted by atomic mass is 16.4. The van der Waals surface area contributed by atoms with E-state index in [0.717, 1.165) is 10.5 Å². The fourth-order valence-electron chi connectivity index (χ4n) is 1.43. The molecule has 1 aromatic rings. The Morgan fingerprint density at radius 2 is 1.94 bits per heavy atom. The Kier molecular flexibility index (Phi) is 4.76. The lowest BCUT2D eigenvalue weighted by molar-refractivity contribution is -0.143. The Morgan fingerprint density at radius 1 is 1.33 bits per heavy atom. The second kappa shape index (κ2) is 6.30. The predicted molar refractivity (Wildman–Crippen MR) is 67.6 cm³/mol. The maximum atomic E-state index is 11.9. The van der Waals surface area contributed by atoms with E-state index in [2.05, 4.69) is 5.92 Å². The average molecular weight is 246 g/mol. The summed E-state index contributed by atoms with van der Waals surface area (Å²) in [7, 11) is 0. The molecule has 0 bridgehead atoms. The minimum atomic E-state index is -1.09. The molecule has 0 aliphatic carbocycles. The van der Waals surface area contributed by atoms with Crippen molar-refractivity contribution >= 4 is 17.6 Å². The monoisotopic (exact) mass is 246 g/mol. The molecule has 3 N–H and O–H groups in total.